The number of piperidine rings is 1. The van der Waals surface area contributed by atoms with E-state index < -0.39 is 22.8 Å². The van der Waals surface area contributed by atoms with E-state index in [9.17, 15) is 18.0 Å². The highest BCUT2D eigenvalue weighted by atomic mass is 19.4. The Morgan fingerprint density at radius 2 is 1.92 bits per heavy atom. The molecule has 0 atom stereocenters. The molecule has 0 radical (unpaired) electrons. The first-order chi connectivity index (χ1) is 12.3. The number of hydrogen-bond acceptors (Lipinski definition) is 3. The first kappa shape index (κ1) is 19.2. The van der Waals surface area contributed by atoms with E-state index in [1.807, 2.05) is 0 Å². The Morgan fingerprint density at radius 1 is 1.23 bits per heavy atom. The Bertz CT molecular complexity index is 650. The van der Waals surface area contributed by atoms with Crippen LogP contribution >= 0.6 is 0 Å². The van der Waals surface area contributed by atoms with Gasteiger partial charge in [-0.2, -0.15) is 13.2 Å². The summed E-state index contributed by atoms with van der Waals surface area (Å²) < 4.78 is 44.6. The lowest BCUT2D eigenvalue weighted by Crippen LogP contribution is -2.56. The Balaban J connectivity index is 1.74. The lowest BCUT2D eigenvalue weighted by atomic mass is 9.64. The van der Waals surface area contributed by atoms with Gasteiger partial charge >= 0.3 is 6.18 Å². The van der Waals surface area contributed by atoms with Crippen LogP contribution in [0.4, 0.5) is 13.2 Å². The van der Waals surface area contributed by atoms with E-state index >= 15 is 0 Å². The normalized spacial score (nSPS) is 21.7. The van der Waals surface area contributed by atoms with Crippen LogP contribution < -0.4 is 10.6 Å². The molecule has 144 valence electrons. The number of carbonyl (C=O) groups excluding carboxylic acids is 1. The third-order valence-corrected chi connectivity index (χ3v) is 5.92. The molecule has 1 amide bonds. The molecule has 0 aromatic heterocycles. The van der Waals surface area contributed by atoms with Crippen LogP contribution in [-0.2, 0) is 21.1 Å². The van der Waals surface area contributed by atoms with Crippen molar-refractivity contribution in [3.63, 3.8) is 0 Å². The maximum Gasteiger partial charge on any atom is 0.416 e. The molecule has 1 saturated heterocycles. The van der Waals surface area contributed by atoms with Crippen LogP contribution in [0.1, 0.15) is 43.2 Å². The van der Waals surface area contributed by atoms with Gasteiger partial charge in [0, 0.05) is 19.1 Å². The number of alkyl halides is 3. The van der Waals surface area contributed by atoms with Gasteiger partial charge < -0.3 is 15.4 Å². The second-order valence-electron chi connectivity index (χ2n) is 7.34. The summed E-state index contributed by atoms with van der Waals surface area (Å²) >= 11 is 0. The number of amides is 1. The van der Waals surface area contributed by atoms with Gasteiger partial charge in [-0.3, -0.25) is 4.79 Å². The van der Waals surface area contributed by atoms with Crippen molar-refractivity contribution in [1.82, 2.24) is 10.6 Å². The molecule has 2 N–H and O–H groups in total. The van der Waals surface area contributed by atoms with Crippen molar-refractivity contribution >= 4 is 5.91 Å². The number of methoxy groups -OCH3 is 1. The summed E-state index contributed by atoms with van der Waals surface area (Å²) in [6, 6.07) is 5.49. The highest BCUT2D eigenvalue weighted by Crippen LogP contribution is 2.44. The summed E-state index contributed by atoms with van der Waals surface area (Å²) in [5, 5.41) is 6.17. The van der Waals surface area contributed by atoms with E-state index in [1.54, 1.807) is 6.07 Å². The summed E-state index contributed by atoms with van der Waals surface area (Å²) in [4.78, 5) is 12.8. The highest BCUT2D eigenvalue weighted by molar-refractivity contribution is 5.85. The first-order valence-electron chi connectivity index (χ1n) is 9.03. The van der Waals surface area contributed by atoms with Gasteiger partial charge in [0.05, 0.1) is 5.56 Å². The Kier molecular flexibility index (Phi) is 5.30. The zero-order valence-electron chi connectivity index (χ0n) is 14.9. The van der Waals surface area contributed by atoms with Crippen molar-refractivity contribution in [3.05, 3.63) is 35.4 Å². The van der Waals surface area contributed by atoms with Crippen LogP contribution in [0.5, 0.6) is 0 Å². The summed E-state index contributed by atoms with van der Waals surface area (Å²) in [7, 11) is 1.54. The average molecular weight is 370 g/mol. The maximum absolute atomic E-state index is 13.0. The van der Waals surface area contributed by atoms with E-state index in [0.29, 0.717) is 38.0 Å². The van der Waals surface area contributed by atoms with Gasteiger partial charge in [-0.1, -0.05) is 24.6 Å². The maximum atomic E-state index is 13.0. The minimum Gasteiger partial charge on any atom is -0.368 e. The van der Waals surface area contributed by atoms with Crippen molar-refractivity contribution in [2.75, 3.05) is 26.7 Å². The number of nitrogens with one attached hydrogen (secondary N) is 2. The molecule has 1 saturated carbocycles. The lowest BCUT2D eigenvalue weighted by Gasteiger charge is -2.44. The smallest absolute Gasteiger partial charge is 0.368 e. The molecule has 1 aliphatic carbocycles. The standard InChI is InChI=1S/C19H25F3N2O2/c1-26-18(8-10-23-11-9-18)16(25)24-13-17(6-3-7-17)14-4-2-5-15(12-14)19(20,21)22/h2,4-5,12,23H,3,6-11,13H2,1H3,(H,24,25). The van der Waals surface area contributed by atoms with Gasteiger partial charge in [-0.25, -0.2) is 0 Å². The van der Waals surface area contributed by atoms with Crippen molar-refractivity contribution in [1.29, 1.82) is 0 Å². The number of benzene rings is 1. The van der Waals surface area contributed by atoms with Crippen molar-refractivity contribution in [2.24, 2.45) is 0 Å². The van der Waals surface area contributed by atoms with Crippen molar-refractivity contribution in [3.8, 4) is 0 Å². The van der Waals surface area contributed by atoms with Gasteiger partial charge in [-0.15, -0.1) is 0 Å². The van der Waals surface area contributed by atoms with Gasteiger partial charge in [0.1, 0.15) is 5.60 Å². The Hall–Kier alpha value is -1.60. The predicted octanol–water partition coefficient (Wildman–Crippen LogP) is 3.01. The predicted molar refractivity (Wildman–Crippen MR) is 91.8 cm³/mol. The molecule has 1 aromatic carbocycles. The molecule has 26 heavy (non-hydrogen) atoms. The van der Waals surface area contributed by atoms with E-state index in [4.69, 9.17) is 4.74 Å². The average Bonchev–Trinajstić information content (AvgIpc) is 2.60. The highest BCUT2D eigenvalue weighted by Gasteiger charge is 2.44. The monoisotopic (exact) mass is 370 g/mol. The number of rotatable bonds is 5. The summed E-state index contributed by atoms with van der Waals surface area (Å²) in [6.07, 6.45) is -0.686. The van der Waals surface area contributed by atoms with Crippen LogP contribution in [0, 0.1) is 0 Å². The fourth-order valence-electron chi connectivity index (χ4n) is 3.96. The molecule has 4 nitrogen and oxygen atoms in total. The van der Waals surface area contributed by atoms with Gasteiger partial charge in [0.2, 0.25) is 0 Å². The molecule has 3 rings (SSSR count). The van der Waals surface area contributed by atoms with Crippen molar-refractivity contribution in [2.45, 2.75) is 49.3 Å². The summed E-state index contributed by atoms with van der Waals surface area (Å²) in [6.45, 7) is 1.76. The largest absolute Gasteiger partial charge is 0.416 e. The quantitative estimate of drug-likeness (QED) is 0.838. The SMILES string of the molecule is COC1(C(=O)NCC2(c3cccc(C(F)(F)F)c3)CCC2)CCNCC1. The molecule has 0 unspecified atom stereocenters. The Labute approximate surface area is 151 Å². The van der Waals surface area contributed by atoms with E-state index in [-0.39, 0.29) is 5.91 Å². The van der Waals surface area contributed by atoms with Gasteiger partial charge in [0.15, 0.2) is 0 Å². The minimum absolute atomic E-state index is 0.167. The van der Waals surface area contributed by atoms with Crippen LogP contribution in [-0.4, -0.2) is 38.3 Å². The fraction of sp³-hybridized carbons (Fsp3) is 0.632. The minimum atomic E-state index is -4.36. The number of ether oxygens (including phenoxy) is 1. The second-order valence-corrected chi connectivity index (χ2v) is 7.34. The molecule has 0 bridgehead atoms. The second kappa shape index (κ2) is 7.19. The molecule has 2 aliphatic rings. The van der Waals surface area contributed by atoms with E-state index in [0.717, 1.165) is 25.3 Å². The number of halogens is 3. The molecular weight excluding hydrogens is 345 g/mol. The summed E-state index contributed by atoms with van der Waals surface area (Å²) in [5.41, 5.74) is -1.25. The topological polar surface area (TPSA) is 50.4 Å². The molecular formula is C19H25F3N2O2. The molecule has 1 heterocycles. The van der Waals surface area contributed by atoms with E-state index in [1.165, 1.54) is 19.2 Å². The molecule has 1 aromatic rings. The third kappa shape index (κ3) is 3.60. The number of carbonyl (C=O) groups is 1. The summed E-state index contributed by atoms with van der Waals surface area (Å²) in [5.74, 6) is -0.167. The first-order valence-corrected chi connectivity index (χ1v) is 9.03. The van der Waals surface area contributed by atoms with Gasteiger partial charge in [0.25, 0.3) is 5.91 Å². The number of hydrogen-bond donors (Lipinski definition) is 2. The molecule has 1 aliphatic heterocycles. The third-order valence-electron chi connectivity index (χ3n) is 5.92. The van der Waals surface area contributed by atoms with Crippen molar-refractivity contribution < 1.29 is 22.7 Å². The van der Waals surface area contributed by atoms with Crippen LogP contribution in [0.2, 0.25) is 0 Å². The van der Waals surface area contributed by atoms with E-state index in [2.05, 4.69) is 10.6 Å². The van der Waals surface area contributed by atoms with Crippen LogP contribution in [0.3, 0.4) is 0 Å². The molecule has 2 fully saturated rings. The molecule has 0 spiro atoms. The zero-order chi connectivity index (χ0) is 18.8. The van der Waals surface area contributed by atoms with Gasteiger partial charge in [-0.05, 0) is 50.4 Å². The molecule has 7 heteroatoms. The fourth-order valence-corrected chi connectivity index (χ4v) is 3.96. The lowest BCUT2D eigenvalue weighted by molar-refractivity contribution is -0.147. The van der Waals surface area contributed by atoms with Crippen LogP contribution in [0.15, 0.2) is 24.3 Å². The zero-order valence-corrected chi connectivity index (χ0v) is 14.9. The Morgan fingerprint density at radius 3 is 2.46 bits per heavy atom. The van der Waals surface area contributed by atoms with Crippen LogP contribution in [0.25, 0.3) is 0 Å².